The first-order valence-electron chi connectivity index (χ1n) is 9.57. The van der Waals surface area contributed by atoms with Crippen molar-refractivity contribution in [2.75, 3.05) is 26.9 Å². The Morgan fingerprint density at radius 1 is 1.11 bits per heavy atom. The highest BCUT2D eigenvalue weighted by molar-refractivity contribution is 6.05. The predicted octanol–water partition coefficient (Wildman–Crippen LogP) is 3.72. The number of nitrogens with one attached hydrogen (secondary N) is 1. The molecule has 2 heterocycles. The molecule has 0 aliphatic carbocycles. The third kappa shape index (κ3) is 3.45. The molecule has 1 aliphatic heterocycles. The van der Waals surface area contributed by atoms with Gasteiger partial charge in [-0.3, -0.25) is 9.78 Å². The second-order valence-corrected chi connectivity index (χ2v) is 7.16. The van der Waals surface area contributed by atoms with Gasteiger partial charge < -0.3 is 14.8 Å². The Bertz CT molecular complexity index is 975. The number of amides is 1. The number of carbonyl (C=O) groups excluding carboxylic acids is 1. The van der Waals surface area contributed by atoms with Crippen LogP contribution >= 0.6 is 0 Å². The van der Waals surface area contributed by atoms with E-state index in [0.717, 1.165) is 35.1 Å². The fourth-order valence-corrected chi connectivity index (χ4v) is 4.02. The maximum atomic E-state index is 13.0. The zero-order valence-corrected chi connectivity index (χ0v) is 16.0. The van der Waals surface area contributed by atoms with Gasteiger partial charge in [0.2, 0.25) is 0 Å². The number of aromatic nitrogens is 1. The summed E-state index contributed by atoms with van der Waals surface area (Å²) in [5, 5.41) is 4.12. The van der Waals surface area contributed by atoms with Gasteiger partial charge >= 0.3 is 0 Å². The van der Waals surface area contributed by atoms with Crippen LogP contribution in [-0.4, -0.2) is 37.8 Å². The molecule has 0 radical (unpaired) electrons. The number of nitrogens with zero attached hydrogens (tertiary/aromatic N) is 1. The van der Waals surface area contributed by atoms with Crippen LogP contribution in [0, 0.1) is 0 Å². The summed E-state index contributed by atoms with van der Waals surface area (Å²) in [5.74, 6) is 0.746. The maximum absolute atomic E-state index is 13.0. The molecular formula is C23H24N2O3. The number of methoxy groups -OCH3 is 1. The summed E-state index contributed by atoms with van der Waals surface area (Å²) in [6, 6.07) is 17.6. The number of rotatable bonds is 5. The number of hydrogen-bond donors (Lipinski definition) is 1. The lowest BCUT2D eigenvalue weighted by Crippen LogP contribution is -2.44. The fourth-order valence-electron chi connectivity index (χ4n) is 4.02. The Morgan fingerprint density at radius 2 is 1.89 bits per heavy atom. The molecule has 2 aromatic carbocycles. The quantitative estimate of drug-likeness (QED) is 0.737. The largest absolute Gasteiger partial charge is 0.496 e. The number of hydrogen-bond acceptors (Lipinski definition) is 4. The van der Waals surface area contributed by atoms with Crippen molar-refractivity contribution in [3.05, 3.63) is 71.9 Å². The SMILES string of the molecule is COc1ccccc1C1(CNC(=O)c2cccc3cccnc23)CCOCC1. The Morgan fingerprint density at radius 3 is 2.71 bits per heavy atom. The monoisotopic (exact) mass is 376 g/mol. The van der Waals surface area contributed by atoms with Crippen molar-refractivity contribution < 1.29 is 14.3 Å². The average molecular weight is 376 g/mol. The highest BCUT2D eigenvalue weighted by Crippen LogP contribution is 2.39. The summed E-state index contributed by atoms with van der Waals surface area (Å²) in [5.41, 5.74) is 2.23. The second-order valence-electron chi connectivity index (χ2n) is 7.16. The summed E-state index contributed by atoms with van der Waals surface area (Å²) in [6.07, 6.45) is 3.39. The zero-order valence-electron chi connectivity index (χ0n) is 16.0. The molecule has 28 heavy (non-hydrogen) atoms. The Labute approximate surface area is 164 Å². The number of para-hydroxylation sites is 2. The first kappa shape index (κ1) is 18.4. The molecule has 1 fully saturated rings. The van der Waals surface area contributed by atoms with E-state index in [4.69, 9.17) is 9.47 Å². The van der Waals surface area contributed by atoms with Gasteiger partial charge in [0.15, 0.2) is 0 Å². The normalized spacial score (nSPS) is 15.9. The minimum Gasteiger partial charge on any atom is -0.496 e. The minimum absolute atomic E-state index is 0.106. The molecule has 1 aromatic heterocycles. The van der Waals surface area contributed by atoms with Crippen LogP contribution in [-0.2, 0) is 10.2 Å². The highest BCUT2D eigenvalue weighted by atomic mass is 16.5. The van der Waals surface area contributed by atoms with Crippen LogP contribution in [0.2, 0.25) is 0 Å². The van der Waals surface area contributed by atoms with Gasteiger partial charge in [-0.1, -0.05) is 36.4 Å². The van der Waals surface area contributed by atoms with E-state index in [2.05, 4.69) is 16.4 Å². The lowest BCUT2D eigenvalue weighted by molar-refractivity contribution is 0.0479. The summed E-state index contributed by atoms with van der Waals surface area (Å²) < 4.78 is 11.2. The summed E-state index contributed by atoms with van der Waals surface area (Å²) in [6.45, 7) is 1.87. The first-order chi connectivity index (χ1) is 13.7. The van der Waals surface area contributed by atoms with Crippen LogP contribution < -0.4 is 10.1 Å². The van der Waals surface area contributed by atoms with Crippen molar-refractivity contribution in [1.29, 1.82) is 0 Å². The van der Waals surface area contributed by atoms with Crippen LogP contribution in [0.25, 0.3) is 10.9 Å². The molecule has 1 aliphatic rings. The second kappa shape index (κ2) is 7.98. The topological polar surface area (TPSA) is 60.5 Å². The minimum atomic E-state index is -0.210. The van der Waals surface area contributed by atoms with Gasteiger partial charge in [-0.05, 0) is 31.0 Å². The molecule has 144 valence electrons. The first-order valence-corrected chi connectivity index (χ1v) is 9.57. The number of pyridine rings is 1. The molecule has 0 saturated carbocycles. The van der Waals surface area contributed by atoms with E-state index >= 15 is 0 Å². The van der Waals surface area contributed by atoms with E-state index in [9.17, 15) is 4.79 Å². The van der Waals surface area contributed by atoms with Gasteiger partial charge in [0.05, 0.1) is 18.2 Å². The third-order valence-corrected chi connectivity index (χ3v) is 5.59. The molecule has 1 saturated heterocycles. The summed E-state index contributed by atoms with van der Waals surface area (Å²) in [4.78, 5) is 17.4. The predicted molar refractivity (Wildman–Crippen MR) is 109 cm³/mol. The van der Waals surface area contributed by atoms with Crippen molar-refractivity contribution in [3.63, 3.8) is 0 Å². The van der Waals surface area contributed by atoms with Crippen LogP contribution in [0.4, 0.5) is 0 Å². The Balaban J connectivity index is 1.62. The van der Waals surface area contributed by atoms with Crippen molar-refractivity contribution in [2.45, 2.75) is 18.3 Å². The summed E-state index contributed by atoms with van der Waals surface area (Å²) >= 11 is 0. The Hall–Kier alpha value is -2.92. The van der Waals surface area contributed by atoms with Gasteiger partial charge in [-0.15, -0.1) is 0 Å². The molecule has 5 nitrogen and oxygen atoms in total. The zero-order chi connectivity index (χ0) is 19.4. The molecule has 0 atom stereocenters. The van der Waals surface area contributed by atoms with Gasteiger partial charge in [0, 0.05) is 42.3 Å². The number of benzene rings is 2. The van der Waals surface area contributed by atoms with E-state index in [0.29, 0.717) is 25.3 Å². The van der Waals surface area contributed by atoms with E-state index in [1.165, 1.54) is 0 Å². The van der Waals surface area contributed by atoms with Crippen LogP contribution in [0.3, 0.4) is 0 Å². The highest BCUT2D eigenvalue weighted by Gasteiger charge is 2.37. The van der Waals surface area contributed by atoms with Crippen LogP contribution in [0.15, 0.2) is 60.8 Å². The smallest absolute Gasteiger partial charge is 0.253 e. The van der Waals surface area contributed by atoms with Crippen molar-refractivity contribution >= 4 is 16.8 Å². The number of ether oxygens (including phenoxy) is 2. The van der Waals surface area contributed by atoms with Crippen molar-refractivity contribution in [1.82, 2.24) is 10.3 Å². The van der Waals surface area contributed by atoms with Gasteiger partial charge in [-0.2, -0.15) is 0 Å². The lowest BCUT2D eigenvalue weighted by atomic mass is 9.73. The van der Waals surface area contributed by atoms with Crippen LogP contribution in [0.5, 0.6) is 5.75 Å². The molecule has 3 aromatic rings. The van der Waals surface area contributed by atoms with Gasteiger partial charge in [0.25, 0.3) is 5.91 Å². The average Bonchev–Trinajstić information content (AvgIpc) is 2.77. The van der Waals surface area contributed by atoms with E-state index in [1.807, 2.05) is 48.5 Å². The Kier molecular flexibility index (Phi) is 5.26. The molecule has 0 unspecified atom stereocenters. The van der Waals surface area contributed by atoms with Gasteiger partial charge in [-0.25, -0.2) is 0 Å². The molecule has 0 bridgehead atoms. The maximum Gasteiger partial charge on any atom is 0.253 e. The van der Waals surface area contributed by atoms with Gasteiger partial charge in [0.1, 0.15) is 5.75 Å². The van der Waals surface area contributed by atoms with E-state index < -0.39 is 0 Å². The third-order valence-electron chi connectivity index (χ3n) is 5.59. The number of fused-ring (bicyclic) bond motifs is 1. The van der Waals surface area contributed by atoms with Crippen molar-refractivity contribution in [2.24, 2.45) is 0 Å². The molecule has 5 heteroatoms. The number of carbonyl (C=O) groups is 1. The standard InChI is InChI=1S/C23H24N2O3/c1-27-20-10-3-2-9-19(20)23(11-14-28-15-12-23)16-25-22(26)18-8-4-6-17-7-5-13-24-21(17)18/h2-10,13H,11-12,14-16H2,1H3,(H,25,26). The van der Waals surface area contributed by atoms with E-state index in [-0.39, 0.29) is 11.3 Å². The molecule has 4 rings (SSSR count). The molecule has 1 amide bonds. The van der Waals surface area contributed by atoms with E-state index in [1.54, 1.807) is 13.3 Å². The molecule has 1 N–H and O–H groups in total. The lowest BCUT2D eigenvalue weighted by Gasteiger charge is -2.38. The summed E-state index contributed by atoms with van der Waals surface area (Å²) in [7, 11) is 1.69. The fraction of sp³-hybridized carbons (Fsp3) is 0.304. The van der Waals surface area contributed by atoms with Crippen molar-refractivity contribution in [3.8, 4) is 5.75 Å². The van der Waals surface area contributed by atoms with Crippen LogP contribution in [0.1, 0.15) is 28.8 Å². The molecular weight excluding hydrogens is 352 g/mol. The molecule has 0 spiro atoms.